The molecule has 0 aliphatic heterocycles. The molecule has 0 aromatic rings. The average Bonchev–Trinajstić information content (AvgIpc) is 3.44. The molecule has 3 rings (SSSR count). The Balaban J connectivity index is 0.000000240. The van der Waals surface area contributed by atoms with E-state index in [-0.39, 0.29) is 0 Å². The highest BCUT2D eigenvalue weighted by Crippen LogP contribution is 2.41. The summed E-state index contributed by atoms with van der Waals surface area (Å²) < 4.78 is 63.5. The predicted octanol–water partition coefficient (Wildman–Crippen LogP) is 3.15. The summed E-state index contributed by atoms with van der Waals surface area (Å²) in [6.07, 6.45) is 0.986. The van der Waals surface area contributed by atoms with Crippen molar-refractivity contribution in [3.63, 3.8) is 0 Å². The van der Waals surface area contributed by atoms with Crippen LogP contribution in [-0.2, 0) is 9.59 Å². The molecule has 4 N–H and O–H groups in total. The van der Waals surface area contributed by atoms with E-state index in [1.807, 2.05) is 0 Å². The van der Waals surface area contributed by atoms with Crippen LogP contribution in [0.3, 0.4) is 0 Å². The second-order valence-corrected chi connectivity index (χ2v) is 7.08. The number of carboxylic acid groups (broad SMARTS) is 2. The highest BCUT2D eigenvalue weighted by atomic mass is 19.4. The smallest absolute Gasteiger partial charge is 0.475 e. The zero-order chi connectivity index (χ0) is 21.7. The third-order valence-corrected chi connectivity index (χ3v) is 4.59. The monoisotopic (exact) mass is 422 g/mol. The second kappa shape index (κ2) is 9.77. The van der Waals surface area contributed by atoms with E-state index in [2.05, 4.69) is 4.90 Å². The third kappa shape index (κ3) is 9.09. The standard InChI is InChI=1S/C12H22N2.2C2HF3O2/c13-9-1-3-10(4-2-9)14(11-5-6-11)12-7-8-12;2*3-2(4,5)1(6)7/h9-12H,1-8,13H2;2*(H,6,7)/t9-,10-;;. The van der Waals surface area contributed by atoms with Gasteiger partial charge in [0.15, 0.2) is 0 Å². The van der Waals surface area contributed by atoms with Crippen molar-refractivity contribution in [1.82, 2.24) is 4.90 Å². The van der Waals surface area contributed by atoms with Crippen LogP contribution in [-0.4, -0.2) is 63.6 Å². The molecule has 0 aromatic heterocycles. The lowest BCUT2D eigenvalue weighted by atomic mass is 9.90. The molecule has 0 bridgehead atoms. The van der Waals surface area contributed by atoms with Gasteiger partial charge in [0.1, 0.15) is 0 Å². The Labute approximate surface area is 157 Å². The van der Waals surface area contributed by atoms with E-state index >= 15 is 0 Å². The molecule has 0 saturated heterocycles. The fourth-order valence-corrected chi connectivity index (χ4v) is 3.04. The Bertz CT molecular complexity index is 488. The summed E-state index contributed by atoms with van der Waals surface area (Å²) in [5, 5.41) is 14.2. The van der Waals surface area contributed by atoms with Gasteiger partial charge in [-0.1, -0.05) is 0 Å². The number of aliphatic carboxylic acids is 2. The van der Waals surface area contributed by atoms with Crippen LogP contribution in [0.25, 0.3) is 0 Å². The normalized spacial score (nSPS) is 25.1. The van der Waals surface area contributed by atoms with E-state index in [9.17, 15) is 26.3 Å². The zero-order valence-corrected chi connectivity index (χ0v) is 15.0. The van der Waals surface area contributed by atoms with Crippen molar-refractivity contribution in [3.05, 3.63) is 0 Å². The molecule has 12 heteroatoms. The molecule has 0 aromatic carbocycles. The first-order valence-corrected chi connectivity index (χ1v) is 8.86. The number of hydrogen-bond acceptors (Lipinski definition) is 4. The number of hydrogen-bond donors (Lipinski definition) is 3. The summed E-state index contributed by atoms with van der Waals surface area (Å²) in [7, 11) is 0. The van der Waals surface area contributed by atoms with Crippen molar-refractivity contribution in [2.45, 2.75) is 87.9 Å². The molecule has 3 saturated carbocycles. The van der Waals surface area contributed by atoms with Gasteiger partial charge in [0.25, 0.3) is 0 Å². The average molecular weight is 422 g/mol. The maximum absolute atomic E-state index is 10.6. The van der Waals surface area contributed by atoms with Gasteiger partial charge in [-0.3, -0.25) is 4.90 Å². The van der Waals surface area contributed by atoms with Crippen molar-refractivity contribution in [3.8, 4) is 0 Å². The molecule has 3 aliphatic carbocycles. The Morgan fingerprint density at radius 2 is 0.893 bits per heavy atom. The van der Waals surface area contributed by atoms with Crippen LogP contribution in [0.1, 0.15) is 51.4 Å². The minimum atomic E-state index is -5.08. The van der Waals surface area contributed by atoms with Gasteiger partial charge in [-0.25, -0.2) is 9.59 Å². The minimum Gasteiger partial charge on any atom is -0.475 e. The quantitative estimate of drug-likeness (QED) is 0.604. The summed E-state index contributed by atoms with van der Waals surface area (Å²) in [6.45, 7) is 0. The molecule has 164 valence electrons. The summed E-state index contributed by atoms with van der Waals surface area (Å²) in [4.78, 5) is 20.7. The molecule has 0 atom stereocenters. The maximum atomic E-state index is 10.6. The van der Waals surface area contributed by atoms with Crippen molar-refractivity contribution in [1.29, 1.82) is 0 Å². The molecule has 0 unspecified atom stereocenters. The van der Waals surface area contributed by atoms with Crippen LogP contribution in [0, 0.1) is 0 Å². The summed E-state index contributed by atoms with van der Waals surface area (Å²) in [5.74, 6) is -5.51. The van der Waals surface area contributed by atoms with E-state index in [1.54, 1.807) is 0 Å². The highest BCUT2D eigenvalue weighted by Gasteiger charge is 2.43. The Hall–Kier alpha value is -1.56. The van der Waals surface area contributed by atoms with Gasteiger partial charge in [-0.2, -0.15) is 26.3 Å². The summed E-state index contributed by atoms with van der Waals surface area (Å²) in [6, 6.07) is 3.35. The number of nitrogens with zero attached hydrogens (tertiary/aromatic N) is 1. The third-order valence-electron chi connectivity index (χ3n) is 4.59. The minimum absolute atomic E-state index is 0.506. The lowest BCUT2D eigenvalue weighted by Crippen LogP contribution is -2.43. The first kappa shape index (κ1) is 24.5. The van der Waals surface area contributed by atoms with Gasteiger partial charge >= 0.3 is 24.3 Å². The molecule has 3 fully saturated rings. The zero-order valence-electron chi connectivity index (χ0n) is 15.0. The lowest BCUT2D eigenvalue weighted by Gasteiger charge is -2.36. The molecule has 3 aliphatic rings. The molecular weight excluding hydrogens is 398 g/mol. The van der Waals surface area contributed by atoms with E-state index < -0.39 is 24.3 Å². The number of carbonyl (C=O) groups is 2. The van der Waals surface area contributed by atoms with Gasteiger partial charge in [0.05, 0.1) is 0 Å². The molecule has 0 spiro atoms. The van der Waals surface area contributed by atoms with Crippen LogP contribution in [0.4, 0.5) is 26.3 Å². The van der Waals surface area contributed by atoms with Crippen LogP contribution >= 0.6 is 0 Å². The number of carboxylic acids is 2. The first-order chi connectivity index (χ1) is 12.7. The van der Waals surface area contributed by atoms with Crippen LogP contribution in [0.2, 0.25) is 0 Å². The maximum Gasteiger partial charge on any atom is 0.490 e. The van der Waals surface area contributed by atoms with Gasteiger partial charge in [0.2, 0.25) is 0 Å². The van der Waals surface area contributed by atoms with Crippen LogP contribution in [0.5, 0.6) is 0 Å². The molecular formula is C16H24F6N2O4. The highest BCUT2D eigenvalue weighted by molar-refractivity contribution is 5.73. The fourth-order valence-electron chi connectivity index (χ4n) is 3.04. The van der Waals surface area contributed by atoms with E-state index in [0.29, 0.717) is 6.04 Å². The Morgan fingerprint density at radius 1 is 0.679 bits per heavy atom. The van der Waals surface area contributed by atoms with Crippen LogP contribution in [0.15, 0.2) is 0 Å². The number of nitrogens with two attached hydrogens (primary N) is 1. The van der Waals surface area contributed by atoms with E-state index in [0.717, 1.165) is 18.1 Å². The van der Waals surface area contributed by atoms with Crippen LogP contribution < -0.4 is 5.73 Å². The first-order valence-electron chi connectivity index (χ1n) is 8.86. The van der Waals surface area contributed by atoms with E-state index in [1.165, 1.54) is 51.4 Å². The fraction of sp³-hybridized carbons (Fsp3) is 0.875. The van der Waals surface area contributed by atoms with Crippen molar-refractivity contribution in [2.75, 3.05) is 0 Å². The Morgan fingerprint density at radius 3 is 1.07 bits per heavy atom. The topological polar surface area (TPSA) is 104 Å². The number of rotatable bonds is 3. The van der Waals surface area contributed by atoms with Crippen molar-refractivity contribution in [2.24, 2.45) is 5.73 Å². The van der Waals surface area contributed by atoms with E-state index in [4.69, 9.17) is 25.5 Å². The molecule has 0 radical (unpaired) electrons. The van der Waals surface area contributed by atoms with Gasteiger partial charge in [-0.05, 0) is 51.4 Å². The van der Waals surface area contributed by atoms with Gasteiger partial charge in [0, 0.05) is 24.2 Å². The predicted molar refractivity (Wildman–Crippen MR) is 85.5 cm³/mol. The van der Waals surface area contributed by atoms with Crippen molar-refractivity contribution < 1.29 is 46.1 Å². The summed E-state index contributed by atoms with van der Waals surface area (Å²) >= 11 is 0. The summed E-state index contributed by atoms with van der Waals surface area (Å²) in [5.41, 5.74) is 5.96. The Kier molecular flexibility index (Phi) is 8.54. The second-order valence-electron chi connectivity index (χ2n) is 7.08. The molecule has 0 amide bonds. The van der Waals surface area contributed by atoms with Crippen molar-refractivity contribution >= 4 is 11.9 Å². The molecule has 6 nitrogen and oxygen atoms in total. The number of alkyl halides is 6. The van der Waals surface area contributed by atoms with Gasteiger partial charge < -0.3 is 15.9 Å². The molecule has 0 heterocycles. The van der Waals surface area contributed by atoms with Gasteiger partial charge in [-0.15, -0.1) is 0 Å². The largest absolute Gasteiger partial charge is 0.490 e. The number of halogens is 6. The lowest BCUT2D eigenvalue weighted by molar-refractivity contribution is -0.193. The molecule has 28 heavy (non-hydrogen) atoms. The SMILES string of the molecule is N[C@H]1CC[C@H](N(C2CC2)C2CC2)CC1.O=C(O)C(F)(F)F.O=C(O)C(F)(F)F.